The van der Waals surface area contributed by atoms with Gasteiger partial charge in [0.25, 0.3) is 0 Å². The maximum Gasteiger partial charge on any atom is 0.179 e. The number of aromatic nitrogens is 1. The van der Waals surface area contributed by atoms with Crippen molar-refractivity contribution in [1.82, 2.24) is 4.57 Å². The topological polar surface area (TPSA) is 4.93 Å². The first-order valence-electron chi connectivity index (χ1n) is 26.6. The minimum atomic E-state index is -3.24. The van der Waals surface area contributed by atoms with Crippen molar-refractivity contribution in [3.8, 4) is 39.1 Å². The summed E-state index contributed by atoms with van der Waals surface area (Å²) in [5.74, 6) is 0. The van der Waals surface area contributed by atoms with Gasteiger partial charge in [0.1, 0.15) is 0 Å². The second kappa shape index (κ2) is 17.4. The molecule has 2 aliphatic rings. The number of para-hydroxylation sites is 1. The van der Waals surface area contributed by atoms with Crippen LogP contribution in [0.4, 0.5) is 0 Å². The van der Waals surface area contributed by atoms with Crippen LogP contribution in [0.25, 0.3) is 81.0 Å². The van der Waals surface area contributed by atoms with Crippen LogP contribution >= 0.6 is 23.1 Å². The lowest BCUT2D eigenvalue weighted by Gasteiger charge is -2.46. The fourth-order valence-electron chi connectivity index (χ4n) is 13.7. The van der Waals surface area contributed by atoms with Crippen molar-refractivity contribution in [3.05, 3.63) is 307 Å². The molecule has 4 heteroatoms. The molecular weight excluding hydrogens is 983 g/mol. The molecule has 0 N–H and O–H groups in total. The molecule has 0 fully saturated rings. The summed E-state index contributed by atoms with van der Waals surface area (Å²) in [5.41, 5.74) is 15.7. The molecule has 0 aliphatic carbocycles. The van der Waals surface area contributed by atoms with E-state index in [1.807, 2.05) is 23.1 Å². The Kier molecular flexibility index (Phi) is 10.1. The number of thiophene rings is 1. The van der Waals surface area contributed by atoms with Crippen molar-refractivity contribution in [2.75, 3.05) is 0 Å². The summed E-state index contributed by atoms with van der Waals surface area (Å²) in [6.07, 6.45) is 0. The predicted molar refractivity (Wildman–Crippen MR) is 330 cm³/mol. The van der Waals surface area contributed by atoms with Gasteiger partial charge < -0.3 is 4.57 Å². The smallest absolute Gasteiger partial charge is 0.179 e. The molecular formula is C73H47NS2Si. The molecule has 0 bridgehead atoms. The van der Waals surface area contributed by atoms with E-state index in [9.17, 15) is 0 Å². The van der Waals surface area contributed by atoms with Gasteiger partial charge in [-0.05, 0) is 119 Å². The molecule has 1 spiro atoms. The summed E-state index contributed by atoms with van der Waals surface area (Å²) in [6.45, 7) is 0. The highest BCUT2D eigenvalue weighted by atomic mass is 32.2. The van der Waals surface area contributed by atoms with Crippen molar-refractivity contribution in [3.63, 3.8) is 0 Å². The van der Waals surface area contributed by atoms with E-state index in [2.05, 4.69) is 290 Å². The molecule has 2 aromatic heterocycles. The largest absolute Gasteiger partial charge is 0.309 e. The second-order valence-electron chi connectivity index (χ2n) is 20.6. The fraction of sp³-hybridized carbons (Fsp3) is 0.0137. The minimum absolute atomic E-state index is 0.628. The molecule has 0 atom stereocenters. The Hall–Kier alpha value is -8.77. The van der Waals surface area contributed by atoms with Gasteiger partial charge in [0.2, 0.25) is 0 Å². The van der Waals surface area contributed by atoms with Gasteiger partial charge in [0.05, 0.1) is 22.1 Å². The van der Waals surface area contributed by atoms with Crippen molar-refractivity contribution in [2.45, 2.75) is 15.2 Å². The average Bonchev–Trinajstić information content (AvgIpc) is 4.16. The summed E-state index contributed by atoms with van der Waals surface area (Å²) in [6, 6.07) is 109. The van der Waals surface area contributed by atoms with Gasteiger partial charge in [-0.25, -0.2) is 0 Å². The zero-order chi connectivity index (χ0) is 50.7. The van der Waals surface area contributed by atoms with E-state index in [0.717, 1.165) is 0 Å². The van der Waals surface area contributed by atoms with Crippen LogP contribution in [0.3, 0.4) is 0 Å². The maximum atomic E-state index is 2.68. The first-order chi connectivity index (χ1) is 38.2. The SMILES string of the molecule is c1ccc(-c2cc(-c3ccccc3)cc([Si](c3ccccc3)(c3ccccc3)c3ccc4c(c3)-n3c5cccc(-c6cccc7sc8ccccc8c67)c5c5cccc(c53)C43c4ccccc4Sc4ccccc43)c2)cc1. The molecule has 16 rings (SSSR count). The van der Waals surface area contributed by atoms with Crippen LogP contribution < -0.4 is 20.7 Å². The van der Waals surface area contributed by atoms with E-state index >= 15 is 0 Å². The Bertz CT molecular complexity index is 4510. The minimum Gasteiger partial charge on any atom is -0.309 e. The van der Waals surface area contributed by atoms with Gasteiger partial charge in [-0.15, -0.1) is 11.3 Å². The van der Waals surface area contributed by atoms with E-state index in [0.29, 0.717) is 0 Å². The molecule has 4 heterocycles. The van der Waals surface area contributed by atoms with E-state index in [4.69, 9.17) is 0 Å². The Morgan fingerprint density at radius 3 is 1.51 bits per heavy atom. The van der Waals surface area contributed by atoms with Crippen LogP contribution in [0.2, 0.25) is 0 Å². The molecule has 1 nitrogen and oxygen atoms in total. The summed E-state index contributed by atoms with van der Waals surface area (Å²) in [5, 5.41) is 10.5. The van der Waals surface area contributed by atoms with Crippen molar-refractivity contribution in [1.29, 1.82) is 0 Å². The third-order valence-corrected chi connectivity index (χ3v) is 23.8. The first-order valence-corrected chi connectivity index (χ1v) is 30.2. The van der Waals surface area contributed by atoms with Crippen molar-refractivity contribution < 1.29 is 0 Å². The quantitative estimate of drug-likeness (QED) is 0.114. The van der Waals surface area contributed by atoms with Crippen LogP contribution in [-0.4, -0.2) is 12.6 Å². The Morgan fingerprint density at radius 1 is 0.325 bits per heavy atom. The van der Waals surface area contributed by atoms with Gasteiger partial charge in [0, 0.05) is 40.7 Å². The van der Waals surface area contributed by atoms with Crippen LogP contribution in [-0.2, 0) is 5.41 Å². The molecule has 0 saturated carbocycles. The lowest BCUT2D eigenvalue weighted by atomic mass is 9.63. The normalized spacial score (nSPS) is 13.2. The molecule has 0 amide bonds. The molecule has 0 unspecified atom stereocenters. The molecule has 14 aromatic rings. The van der Waals surface area contributed by atoms with Crippen LogP contribution in [0, 0.1) is 0 Å². The Morgan fingerprint density at radius 2 is 0.844 bits per heavy atom. The fourth-order valence-corrected chi connectivity index (χ4v) is 20.8. The molecule has 2 aliphatic heterocycles. The second-order valence-corrected chi connectivity index (χ2v) is 26.6. The van der Waals surface area contributed by atoms with Gasteiger partial charge in [0.15, 0.2) is 8.07 Å². The maximum absolute atomic E-state index is 3.24. The number of nitrogens with zero attached hydrogens (tertiary/aromatic N) is 1. The van der Waals surface area contributed by atoms with Crippen LogP contribution in [0.1, 0.15) is 22.3 Å². The highest BCUT2D eigenvalue weighted by Gasteiger charge is 2.51. The van der Waals surface area contributed by atoms with Gasteiger partial charge in [-0.2, -0.15) is 0 Å². The summed E-state index contributed by atoms with van der Waals surface area (Å²) in [7, 11) is -3.24. The zero-order valence-corrected chi connectivity index (χ0v) is 44.5. The highest BCUT2D eigenvalue weighted by Crippen LogP contribution is 2.61. The van der Waals surface area contributed by atoms with Gasteiger partial charge >= 0.3 is 0 Å². The standard InChI is InChI=1S/C73H47NS2Si/c1-5-22-48(23-6-1)50-44-51(49-24-7-2-8-25-49)46-55(45-50)77(52-26-9-3-10-27-52,53-28-11-4-12-29-53)54-42-43-60-65(47-54)74-64-37-20-31-56(57-32-21-41-69-71(57)58-30-13-16-38-66(58)75-69)70(64)59-33-19-36-63(72(59)74)73(60)61-34-14-17-39-67(61)76-68-40-18-15-35-62(68)73/h1-47H. The van der Waals surface area contributed by atoms with E-state index < -0.39 is 13.5 Å². The lowest BCUT2D eigenvalue weighted by Crippen LogP contribution is -2.74. The number of benzene rings is 12. The molecule has 0 saturated heterocycles. The zero-order valence-electron chi connectivity index (χ0n) is 41.9. The Labute approximate surface area is 457 Å². The van der Waals surface area contributed by atoms with Crippen molar-refractivity contribution in [2.24, 2.45) is 0 Å². The van der Waals surface area contributed by atoms with Gasteiger partial charge in [-0.3, -0.25) is 0 Å². The van der Waals surface area contributed by atoms with Crippen LogP contribution in [0.15, 0.2) is 295 Å². The van der Waals surface area contributed by atoms with E-state index in [-0.39, 0.29) is 0 Å². The third-order valence-electron chi connectivity index (χ3n) is 16.8. The lowest BCUT2D eigenvalue weighted by molar-refractivity contribution is 0.690. The number of rotatable bonds is 7. The summed E-state index contributed by atoms with van der Waals surface area (Å²) >= 11 is 3.79. The third kappa shape index (κ3) is 6.41. The predicted octanol–water partition coefficient (Wildman–Crippen LogP) is 16.7. The number of fused-ring (bicyclic) bond motifs is 14. The van der Waals surface area contributed by atoms with Gasteiger partial charge in [-0.1, -0.05) is 254 Å². The summed E-state index contributed by atoms with van der Waals surface area (Å²) < 4.78 is 5.30. The van der Waals surface area contributed by atoms with Crippen LogP contribution in [0.5, 0.6) is 0 Å². The van der Waals surface area contributed by atoms with E-state index in [1.54, 1.807) is 0 Å². The molecule has 12 aromatic carbocycles. The van der Waals surface area contributed by atoms with Crippen molar-refractivity contribution >= 4 is 93.9 Å². The van der Waals surface area contributed by atoms with E-state index in [1.165, 1.54) is 134 Å². The average molecular weight is 1030 g/mol. The Balaban J connectivity index is 1.08. The molecule has 360 valence electrons. The summed E-state index contributed by atoms with van der Waals surface area (Å²) in [4.78, 5) is 2.59. The monoisotopic (exact) mass is 1030 g/mol. The number of hydrogen-bond donors (Lipinski definition) is 0. The molecule has 0 radical (unpaired) electrons. The first kappa shape index (κ1) is 44.5. The number of hydrogen-bond acceptors (Lipinski definition) is 2. The highest BCUT2D eigenvalue weighted by molar-refractivity contribution is 7.99. The molecule has 77 heavy (non-hydrogen) atoms.